The van der Waals surface area contributed by atoms with Crippen molar-refractivity contribution in [2.75, 3.05) is 6.54 Å². The summed E-state index contributed by atoms with van der Waals surface area (Å²) in [6.45, 7) is 0.673. The first-order valence-corrected chi connectivity index (χ1v) is 5.43. The fourth-order valence-electron chi connectivity index (χ4n) is 1.96. The zero-order chi connectivity index (χ0) is 11.4. The van der Waals surface area contributed by atoms with Crippen molar-refractivity contribution in [2.45, 2.75) is 25.3 Å². The van der Waals surface area contributed by atoms with Gasteiger partial charge in [-0.15, -0.1) is 0 Å². The van der Waals surface area contributed by atoms with Gasteiger partial charge in [-0.3, -0.25) is 9.78 Å². The monoisotopic (exact) mass is 215 g/mol. The summed E-state index contributed by atoms with van der Waals surface area (Å²) in [6, 6.07) is 5.38. The predicted octanol–water partition coefficient (Wildman–Crippen LogP) is 1.60. The van der Waals surface area contributed by atoms with E-state index in [-0.39, 0.29) is 11.9 Å². The Morgan fingerprint density at radius 2 is 2.44 bits per heavy atom. The molecule has 1 aliphatic heterocycles. The summed E-state index contributed by atoms with van der Waals surface area (Å²) in [7, 11) is 0. The molecule has 0 aliphatic carbocycles. The van der Waals surface area contributed by atoms with Crippen LogP contribution < -0.4 is 0 Å². The number of pyridine rings is 1. The predicted molar refractivity (Wildman–Crippen MR) is 58.5 cm³/mol. The van der Waals surface area contributed by atoms with Crippen molar-refractivity contribution < 1.29 is 4.79 Å². The summed E-state index contributed by atoms with van der Waals surface area (Å²) in [5, 5.41) is 9.00. The van der Waals surface area contributed by atoms with E-state index in [0.29, 0.717) is 12.1 Å². The third-order valence-electron chi connectivity index (χ3n) is 2.82. The van der Waals surface area contributed by atoms with Crippen molar-refractivity contribution in [2.24, 2.45) is 0 Å². The number of carbonyl (C=O) groups is 1. The van der Waals surface area contributed by atoms with Crippen LogP contribution in [0.25, 0.3) is 0 Å². The lowest BCUT2D eigenvalue weighted by Gasteiger charge is -2.31. The van der Waals surface area contributed by atoms with Crippen LogP contribution in [0.15, 0.2) is 24.5 Å². The Balaban J connectivity index is 2.18. The molecule has 1 amide bonds. The number of nitrogens with zero attached hydrogens (tertiary/aromatic N) is 3. The summed E-state index contributed by atoms with van der Waals surface area (Å²) in [4.78, 5) is 17.7. The highest BCUT2D eigenvalue weighted by Crippen LogP contribution is 2.18. The minimum Gasteiger partial charge on any atom is -0.323 e. The molecule has 0 bridgehead atoms. The molecular formula is C12H13N3O. The SMILES string of the molecule is N#CC1CCCCN1C(=O)c1cccnc1. The molecular weight excluding hydrogens is 202 g/mol. The summed E-state index contributed by atoms with van der Waals surface area (Å²) >= 11 is 0. The fraction of sp³-hybridized carbons (Fsp3) is 0.417. The lowest BCUT2D eigenvalue weighted by atomic mass is 10.0. The minimum atomic E-state index is -0.276. The van der Waals surface area contributed by atoms with E-state index < -0.39 is 0 Å². The van der Waals surface area contributed by atoms with Gasteiger partial charge in [-0.25, -0.2) is 0 Å². The molecule has 1 aromatic rings. The largest absolute Gasteiger partial charge is 0.323 e. The van der Waals surface area contributed by atoms with Gasteiger partial charge in [0.2, 0.25) is 0 Å². The van der Waals surface area contributed by atoms with Crippen LogP contribution in [0, 0.1) is 11.3 Å². The van der Waals surface area contributed by atoms with Gasteiger partial charge in [-0.05, 0) is 31.4 Å². The van der Waals surface area contributed by atoms with Crippen molar-refractivity contribution >= 4 is 5.91 Å². The second-order valence-electron chi connectivity index (χ2n) is 3.88. The number of nitriles is 1. The Morgan fingerprint density at radius 3 is 3.12 bits per heavy atom. The van der Waals surface area contributed by atoms with Crippen LogP contribution in [-0.4, -0.2) is 28.4 Å². The van der Waals surface area contributed by atoms with Crippen molar-refractivity contribution in [3.05, 3.63) is 30.1 Å². The zero-order valence-corrected chi connectivity index (χ0v) is 8.97. The number of hydrogen-bond acceptors (Lipinski definition) is 3. The lowest BCUT2D eigenvalue weighted by Crippen LogP contribution is -2.42. The number of aromatic nitrogens is 1. The third-order valence-corrected chi connectivity index (χ3v) is 2.82. The van der Waals surface area contributed by atoms with E-state index in [9.17, 15) is 4.79 Å². The van der Waals surface area contributed by atoms with E-state index in [2.05, 4.69) is 11.1 Å². The molecule has 2 heterocycles. The van der Waals surface area contributed by atoms with Gasteiger partial charge in [0.1, 0.15) is 6.04 Å². The van der Waals surface area contributed by atoms with Gasteiger partial charge in [-0.1, -0.05) is 0 Å². The summed E-state index contributed by atoms with van der Waals surface area (Å²) < 4.78 is 0. The van der Waals surface area contributed by atoms with Crippen LogP contribution in [0.2, 0.25) is 0 Å². The topological polar surface area (TPSA) is 57.0 Å². The van der Waals surface area contributed by atoms with Gasteiger partial charge in [0.05, 0.1) is 11.6 Å². The molecule has 0 radical (unpaired) electrons. The molecule has 0 spiro atoms. The molecule has 82 valence electrons. The average Bonchev–Trinajstić information content (AvgIpc) is 2.39. The molecule has 2 rings (SSSR count). The van der Waals surface area contributed by atoms with Crippen LogP contribution in [0.4, 0.5) is 0 Å². The van der Waals surface area contributed by atoms with E-state index in [1.165, 1.54) is 0 Å². The van der Waals surface area contributed by atoms with Gasteiger partial charge in [0, 0.05) is 18.9 Å². The summed E-state index contributed by atoms with van der Waals surface area (Å²) in [5.41, 5.74) is 0.560. The molecule has 4 nitrogen and oxygen atoms in total. The van der Waals surface area contributed by atoms with Crippen molar-refractivity contribution in [1.82, 2.24) is 9.88 Å². The van der Waals surface area contributed by atoms with E-state index in [0.717, 1.165) is 19.3 Å². The van der Waals surface area contributed by atoms with Crippen LogP contribution in [0.1, 0.15) is 29.6 Å². The normalized spacial score (nSPS) is 20.2. The van der Waals surface area contributed by atoms with Crippen LogP contribution >= 0.6 is 0 Å². The lowest BCUT2D eigenvalue weighted by molar-refractivity contribution is 0.0670. The van der Waals surface area contributed by atoms with Crippen LogP contribution in [0.5, 0.6) is 0 Å². The first kappa shape index (κ1) is 10.6. The Morgan fingerprint density at radius 1 is 1.56 bits per heavy atom. The molecule has 4 heteroatoms. The highest BCUT2D eigenvalue weighted by Gasteiger charge is 2.27. The molecule has 1 aromatic heterocycles. The zero-order valence-electron chi connectivity index (χ0n) is 8.97. The Labute approximate surface area is 94.5 Å². The summed E-state index contributed by atoms with van der Waals surface area (Å²) in [6.07, 6.45) is 5.96. The summed E-state index contributed by atoms with van der Waals surface area (Å²) in [5.74, 6) is -0.0839. The Bertz CT molecular complexity index is 410. The average molecular weight is 215 g/mol. The van der Waals surface area contributed by atoms with Crippen molar-refractivity contribution in [1.29, 1.82) is 5.26 Å². The van der Waals surface area contributed by atoms with E-state index >= 15 is 0 Å². The number of rotatable bonds is 1. The Hall–Kier alpha value is -1.89. The second kappa shape index (κ2) is 4.75. The highest BCUT2D eigenvalue weighted by atomic mass is 16.2. The number of carbonyl (C=O) groups excluding carboxylic acids is 1. The van der Waals surface area contributed by atoms with Gasteiger partial charge >= 0.3 is 0 Å². The van der Waals surface area contributed by atoms with Gasteiger partial charge in [0.15, 0.2) is 0 Å². The molecule has 1 unspecified atom stereocenters. The fourth-order valence-corrected chi connectivity index (χ4v) is 1.96. The van der Waals surface area contributed by atoms with Crippen LogP contribution in [0.3, 0.4) is 0 Å². The number of amides is 1. The number of piperidine rings is 1. The molecule has 0 saturated carbocycles. The van der Waals surface area contributed by atoms with Crippen LogP contribution in [-0.2, 0) is 0 Å². The molecule has 1 aliphatic rings. The quantitative estimate of drug-likeness (QED) is 0.715. The smallest absolute Gasteiger partial charge is 0.256 e. The third kappa shape index (κ3) is 2.03. The molecule has 1 saturated heterocycles. The van der Waals surface area contributed by atoms with E-state index in [1.54, 1.807) is 29.4 Å². The maximum absolute atomic E-state index is 12.1. The molecule has 0 N–H and O–H groups in total. The van der Waals surface area contributed by atoms with Gasteiger partial charge in [0.25, 0.3) is 5.91 Å². The van der Waals surface area contributed by atoms with E-state index in [4.69, 9.17) is 5.26 Å². The standard InChI is InChI=1S/C12H13N3O/c13-8-11-5-1-2-7-15(11)12(16)10-4-3-6-14-9-10/h3-4,6,9,11H,1-2,5,7H2. The maximum Gasteiger partial charge on any atom is 0.256 e. The van der Waals surface area contributed by atoms with Gasteiger partial charge in [-0.2, -0.15) is 5.26 Å². The van der Waals surface area contributed by atoms with E-state index in [1.807, 2.05) is 0 Å². The molecule has 16 heavy (non-hydrogen) atoms. The molecule has 0 aromatic carbocycles. The number of hydrogen-bond donors (Lipinski definition) is 0. The first-order valence-electron chi connectivity index (χ1n) is 5.43. The second-order valence-corrected chi connectivity index (χ2v) is 3.88. The first-order chi connectivity index (χ1) is 7.83. The molecule has 1 fully saturated rings. The van der Waals surface area contributed by atoms with Crippen molar-refractivity contribution in [3.63, 3.8) is 0 Å². The molecule has 1 atom stereocenters. The van der Waals surface area contributed by atoms with Gasteiger partial charge < -0.3 is 4.90 Å². The number of likely N-dealkylation sites (tertiary alicyclic amines) is 1. The minimum absolute atomic E-state index is 0.0839. The van der Waals surface area contributed by atoms with Crippen molar-refractivity contribution in [3.8, 4) is 6.07 Å². The Kier molecular flexibility index (Phi) is 3.16. The maximum atomic E-state index is 12.1. The highest BCUT2D eigenvalue weighted by molar-refractivity contribution is 5.94.